The third kappa shape index (κ3) is 3.22. The molecule has 0 amide bonds. The molecule has 26 heavy (non-hydrogen) atoms. The van der Waals surface area contributed by atoms with Gasteiger partial charge >= 0.3 is 0 Å². The zero-order valence-corrected chi connectivity index (χ0v) is 18.2. The van der Waals surface area contributed by atoms with Crippen LogP contribution in [0.4, 0.5) is 0 Å². The van der Waals surface area contributed by atoms with Crippen molar-refractivity contribution in [3.63, 3.8) is 0 Å². The van der Waals surface area contributed by atoms with Crippen LogP contribution in [0.3, 0.4) is 0 Å². The van der Waals surface area contributed by atoms with Crippen LogP contribution in [0.2, 0.25) is 0 Å². The molecule has 0 aliphatic carbocycles. The Hall–Kier alpha value is -1.28. The van der Waals surface area contributed by atoms with Gasteiger partial charge in [-0.25, -0.2) is 4.99 Å². The maximum atomic E-state index is 6.55. The molecule has 0 spiro atoms. The minimum absolute atomic E-state index is 0.00784. The van der Waals surface area contributed by atoms with Crippen molar-refractivity contribution < 1.29 is 14.2 Å². The molecule has 1 unspecified atom stereocenters. The SMILES string of the molecule is COc1cccc2c1[P@@](C(C)(C)C)C(C(C)(C)C1=N[C@H](C(C)C)CO1)O2. The summed E-state index contributed by atoms with van der Waals surface area (Å²) < 4.78 is 18.3. The zero-order valence-electron chi connectivity index (χ0n) is 17.3. The number of hydrogen-bond donors (Lipinski definition) is 0. The molecule has 0 saturated heterocycles. The van der Waals surface area contributed by atoms with Gasteiger partial charge in [-0.2, -0.15) is 0 Å². The first kappa shape index (κ1) is 19.5. The first-order valence-electron chi connectivity index (χ1n) is 9.41. The summed E-state index contributed by atoms with van der Waals surface area (Å²) in [6, 6.07) is 6.34. The van der Waals surface area contributed by atoms with Crippen molar-refractivity contribution in [2.24, 2.45) is 16.3 Å². The summed E-state index contributed by atoms with van der Waals surface area (Å²) >= 11 is 0. The molecular weight excluding hydrogens is 345 g/mol. The average Bonchev–Trinajstić information content (AvgIpc) is 3.19. The van der Waals surface area contributed by atoms with Crippen molar-refractivity contribution in [2.45, 2.75) is 65.5 Å². The first-order chi connectivity index (χ1) is 12.1. The van der Waals surface area contributed by atoms with Gasteiger partial charge in [0.25, 0.3) is 0 Å². The largest absolute Gasteiger partial charge is 0.496 e. The molecule has 2 aliphatic heterocycles. The van der Waals surface area contributed by atoms with Crippen molar-refractivity contribution in [2.75, 3.05) is 13.7 Å². The Balaban J connectivity index is 2.03. The Morgan fingerprint density at radius 1 is 1.19 bits per heavy atom. The highest BCUT2D eigenvalue weighted by Crippen LogP contribution is 2.64. The quantitative estimate of drug-likeness (QED) is 0.708. The van der Waals surface area contributed by atoms with Crippen LogP contribution in [0.5, 0.6) is 11.5 Å². The van der Waals surface area contributed by atoms with Crippen LogP contribution < -0.4 is 14.8 Å². The maximum absolute atomic E-state index is 6.55. The Morgan fingerprint density at radius 3 is 2.42 bits per heavy atom. The number of hydrogen-bond acceptors (Lipinski definition) is 4. The lowest BCUT2D eigenvalue weighted by atomic mass is 9.94. The van der Waals surface area contributed by atoms with Gasteiger partial charge in [-0.3, -0.25) is 0 Å². The van der Waals surface area contributed by atoms with Gasteiger partial charge in [0, 0.05) is 0 Å². The first-order valence-corrected chi connectivity index (χ1v) is 10.8. The van der Waals surface area contributed by atoms with Gasteiger partial charge in [0.05, 0.1) is 23.9 Å². The molecule has 0 radical (unpaired) electrons. The van der Waals surface area contributed by atoms with Crippen LogP contribution in [0, 0.1) is 11.3 Å². The van der Waals surface area contributed by atoms with Gasteiger partial charge in [-0.15, -0.1) is 0 Å². The molecule has 0 fully saturated rings. The predicted octanol–water partition coefficient (Wildman–Crippen LogP) is 4.80. The average molecular weight is 377 g/mol. The van der Waals surface area contributed by atoms with Crippen molar-refractivity contribution >= 4 is 19.1 Å². The summed E-state index contributed by atoms with van der Waals surface area (Å²) in [6.07, 6.45) is 0. The summed E-state index contributed by atoms with van der Waals surface area (Å²) in [5, 5.41) is 1.31. The van der Waals surface area contributed by atoms with E-state index in [1.165, 1.54) is 5.30 Å². The molecule has 5 heteroatoms. The summed E-state index contributed by atoms with van der Waals surface area (Å²) in [5.74, 6) is 3.20. The van der Waals surface area contributed by atoms with E-state index in [1.54, 1.807) is 7.11 Å². The van der Waals surface area contributed by atoms with Gasteiger partial charge in [-0.05, 0) is 45.0 Å². The molecule has 0 N–H and O–H groups in total. The Labute approximate surface area is 159 Å². The summed E-state index contributed by atoms with van der Waals surface area (Å²) in [5.41, 5.74) is -0.299. The van der Waals surface area contributed by atoms with E-state index < -0.39 is 7.92 Å². The number of nitrogens with zero attached hydrogens (tertiary/aromatic N) is 1. The minimum atomic E-state index is -0.634. The zero-order chi connectivity index (χ0) is 19.3. The molecule has 3 atom stereocenters. The minimum Gasteiger partial charge on any atom is -0.496 e. The fraction of sp³-hybridized carbons (Fsp3) is 0.667. The number of rotatable bonds is 4. The van der Waals surface area contributed by atoms with E-state index in [1.807, 2.05) is 12.1 Å². The van der Waals surface area contributed by atoms with Gasteiger partial charge in [-0.1, -0.05) is 40.7 Å². The molecule has 1 aromatic rings. The lowest BCUT2D eigenvalue weighted by Crippen LogP contribution is -2.41. The molecule has 0 saturated carbocycles. The molecule has 4 nitrogen and oxygen atoms in total. The second-order valence-corrected chi connectivity index (χ2v) is 12.1. The molecule has 1 aromatic carbocycles. The summed E-state index contributed by atoms with van der Waals surface area (Å²) in [6.45, 7) is 16.4. The van der Waals surface area contributed by atoms with Gasteiger partial charge in [0.1, 0.15) is 24.0 Å². The van der Waals surface area contributed by atoms with Gasteiger partial charge in [0.15, 0.2) is 5.90 Å². The summed E-state index contributed by atoms with van der Waals surface area (Å²) in [7, 11) is 1.10. The van der Waals surface area contributed by atoms with E-state index in [-0.39, 0.29) is 22.5 Å². The number of aliphatic imine (C=N–C) groups is 1. The molecule has 2 aliphatic rings. The topological polar surface area (TPSA) is 40.0 Å². The smallest absolute Gasteiger partial charge is 0.193 e. The van der Waals surface area contributed by atoms with E-state index in [0.29, 0.717) is 12.5 Å². The van der Waals surface area contributed by atoms with E-state index in [9.17, 15) is 0 Å². The molecule has 3 rings (SSSR count). The summed E-state index contributed by atoms with van der Waals surface area (Å²) in [4.78, 5) is 4.92. The second-order valence-electron chi connectivity index (χ2n) is 9.10. The van der Waals surface area contributed by atoms with Crippen LogP contribution in [-0.2, 0) is 4.74 Å². The molecule has 144 valence electrons. The van der Waals surface area contributed by atoms with Crippen molar-refractivity contribution in [3.05, 3.63) is 18.2 Å². The standard InChI is InChI=1S/C21H32NO3P/c1-13(2)14-12-24-18(22-14)21(6,7)19-25-16-11-9-10-15(23-8)17(16)26(19)20(3,4)5/h9-11,13-14,19H,12H2,1-8H3/t14-,19?,26+/m0/s1. The highest BCUT2D eigenvalue weighted by Gasteiger charge is 2.53. The lowest BCUT2D eigenvalue weighted by molar-refractivity contribution is 0.172. The van der Waals surface area contributed by atoms with E-state index in [2.05, 4.69) is 54.5 Å². The van der Waals surface area contributed by atoms with Gasteiger partial charge < -0.3 is 14.2 Å². The number of fused-ring (bicyclic) bond motifs is 1. The Kier molecular flexibility index (Phi) is 5.03. The van der Waals surface area contributed by atoms with Crippen molar-refractivity contribution in [3.8, 4) is 11.5 Å². The normalized spacial score (nSPS) is 25.6. The number of ether oxygens (including phenoxy) is 3. The van der Waals surface area contributed by atoms with Crippen LogP contribution in [0.25, 0.3) is 0 Å². The molecule has 0 bridgehead atoms. The second kappa shape index (κ2) is 6.71. The fourth-order valence-electron chi connectivity index (χ4n) is 3.64. The Morgan fingerprint density at radius 2 is 1.88 bits per heavy atom. The van der Waals surface area contributed by atoms with E-state index >= 15 is 0 Å². The van der Waals surface area contributed by atoms with Crippen molar-refractivity contribution in [1.82, 2.24) is 0 Å². The molecule has 0 aromatic heterocycles. The third-order valence-electron chi connectivity index (χ3n) is 5.23. The van der Waals surface area contributed by atoms with Crippen LogP contribution in [0.1, 0.15) is 48.5 Å². The van der Waals surface area contributed by atoms with Crippen LogP contribution in [-0.4, -0.2) is 36.7 Å². The van der Waals surface area contributed by atoms with E-state index in [4.69, 9.17) is 19.2 Å². The third-order valence-corrected chi connectivity index (χ3v) is 8.82. The Bertz CT molecular complexity index is 706. The van der Waals surface area contributed by atoms with Gasteiger partial charge in [0.2, 0.25) is 0 Å². The highest BCUT2D eigenvalue weighted by atomic mass is 31.1. The molecular formula is C21H32NO3P. The lowest BCUT2D eigenvalue weighted by Gasteiger charge is -2.39. The maximum Gasteiger partial charge on any atom is 0.193 e. The molecule has 2 heterocycles. The van der Waals surface area contributed by atoms with E-state index in [0.717, 1.165) is 17.4 Å². The predicted molar refractivity (Wildman–Crippen MR) is 110 cm³/mol. The highest BCUT2D eigenvalue weighted by molar-refractivity contribution is 7.68. The van der Waals surface area contributed by atoms with Crippen molar-refractivity contribution in [1.29, 1.82) is 0 Å². The fourth-order valence-corrected chi connectivity index (χ4v) is 6.99. The monoisotopic (exact) mass is 377 g/mol. The van der Waals surface area contributed by atoms with Crippen LogP contribution in [0.15, 0.2) is 23.2 Å². The number of benzene rings is 1. The van der Waals surface area contributed by atoms with Crippen LogP contribution >= 0.6 is 7.92 Å². The number of methoxy groups -OCH3 is 1.